The number of hydrogen-bond acceptors (Lipinski definition) is 3. The molecule has 2 aromatic carbocycles. The predicted molar refractivity (Wildman–Crippen MR) is 120 cm³/mol. The fourth-order valence-electron chi connectivity index (χ4n) is 4.06. The standard InChI is InChI=1S/C25H27FN4O2/c1-18-27-12-14-30(18)23-8-5-20(6-9-23)16-28-25(32)21-7-10-24(31)29(17-21)13-11-19-3-2-4-22(26)15-19/h2-6,8-9,12,14-15,21H,7,10-11,13,16-17H2,1H3,(H,28,32)/t21-/m0/s1. The van der Waals surface area contributed by atoms with Crippen LogP contribution in [-0.4, -0.2) is 39.4 Å². The highest BCUT2D eigenvalue weighted by molar-refractivity contribution is 5.83. The molecule has 0 unspecified atom stereocenters. The Labute approximate surface area is 187 Å². The summed E-state index contributed by atoms with van der Waals surface area (Å²) in [4.78, 5) is 31.0. The van der Waals surface area contributed by atoms with Gasteiger partial charge in [0.2, 0.25) is 11.8 Å². The highest BCUT2D eigenvalue weighted by Crippen LogP contribution is 2.19. The second-order valence-electron chi connectivity index (χ2n) is 8.18. The van der Waals surface area contributed by atoms with Crippen LogP contribution in [0.25, 0.3) is 5.69 Å². The molecule has 2 amide bonds. The Morgan fingerprint density at radius 2 is 2.00 bits per heavy atom. The number of imidazole rings is 1. The van der Waals surface area contributed by atoms with E-state index in [1.807, 2.05) is 48.0 Å². The van der Waals surface area contributed by atoms with Crippen molar-refractivity contribution in [1.82, 2.24) is 19.8 Å². The van der Waals surface area contributed by atoms with E-state index in [2.05, 4.69) is 10.3 Å². The van der Waals surface area contributed by atoms with Crippen LogP contribution in [0, 0.1) is 18.7 Å². The molecular formula is C25H27FN4O2. The molecule has 1 atom stereocenters. The van der Waals surface area contributed by atoms with E-state index < -0.39 is 0 Å². The molecule has 166 valence electrons. The number of benzene rings is 2. The van der Waals surface area contributed by atoms with Gasteiger partial charge in [-0.15, -0.1) is 0 Å². The second-order valence-corrected chi connectivity index (χ2v) is 8.18. The van der Waals surface area contributed by atoms with Crippen molar-refractivity contribution in [2.75, 3.05) is 13.1 Å². The van der Waals surface area contributed by atoms with Crippen LogP contribution in [0.4, 0.5) is 4.39 Å². The topological polar surface area (TPSA) is 67.2 Å². The van der Waals surface area contributed by atoms with E-state index in [1.54, 1.807) is 17.2 Å². The Balaban J connectivity index is 1.29. The van der Waals surface area contributed by atoms with Crippen molar-refractivity contribution in [2.45, 2.75) is 32.7 Å². The molecule has 2 heterocycles. The third-order valence-electron chi connectivity index (χ3n) is 5.94. The van der Waals surface area contributed by atoms with Crippen LogP contribution in [0.3, 0.4) is 0 Å². The van der Waals surface area contributed by atoms with Crippen LogP contribution < -0.4 is 5.32 Å². The van der Waals surface area contributed by atoms with Crippen molar-refractivity contribution in [1.29, 1.82) is 0 Å². The molecular weight excluding hydrogens is 407 g/mol. The molecule has 0 saturated carbocycles. The van der Waals surface area contributed by atoms with Gasteiger partial charge in [0.1, 0.15) is 11.6 Å². The number of halogens is 1. The van der Waals surface area contributed by atoms with Gasteiger partial charge < -0.3 is 14.8 Å². The van der Waals surface area contributed by atoms with E-state index in [-0.39, 0.29) is 23.5 Å². The van der Waals surface area contributed by atoms with Gasteiger partial charge in [0, 0.05) is 44.1 Å². The largest absolute Gasteiger partial charge is 0.352 e. The molecule has 0 bridgehead atoms. The minimum Gasteiger partial charge on any atom is -0.352 e. The summed E-state index contributed by atoms with van der Waals surface area (Å²) >= 11 is 0. The van der Waals surface area contributed by atoms with Gasteiger partial charge in [-0.3, -0.25) is 9.59 Å². The summed E-state index contributed by atoms with van der Waals surface area (Å²) in [5.41, 5.74) is 2.88. The lowest BCUT2D eigenvalue weighted by atomic mass is 9.96. The molecule has 3 aromatic rings. The molecule has 7 heteroatoms. The lowest BCUT2D eigenvalue weighted by Crippen LogP contribution is -2.46. The zero-order valence-corrected chi connectivity index (χ0v) is 18.1. The molecule has 6 nitrogen and oxygen atoms in total. The van der Waals surface area contributed by atoms with E-state index in [9.17, 15) is 14.0 Å². The summed E-state index contributed by atoms with van der Waals surface area (Å²) in [7, 11) is 0. The maximum absolute atomic E-state index is 13.4. The monoisotopic (exact) mass is 434 g/mol. The number of carbonyl (C=O) groups is 2. The fraction of sp³-hybridized carbons (Fsp3) is 0.320. The lowest BCUT2D eigenvalue weighted by Gasteiger charge is -2.32. The van der Waals surface area contributed by atoms with Gasteiger partial charge in [0.15, 0.2) is 0 Å². The Morgan fingerprint density at radius 3 is 2.72 bits per heavy atom. The molecule has 0 spiro atoms. The SMILES string of the molecule is Cc1nccn1-c1ccc(CNC(=O)[C@H]2CCC(=O)N(CCc3cccc(F)c3)C2)cc1. The first kappa shape index (κ1) is 21.7. The smallest absolute Gasteiger partial charge is 0.225 e. The van der Waals surface area contributed by atoms with Gasteiger partial charge in [-0.1, -0.05) is 24.3 Å². The van der Waals surface area contributed by atoms with Crippen LogP contribution >= 0.6 is 0 Å². The Kier molecular flexibility index (Phi) is 6.63. The van der Waals surface area contributed by atoms with Gasteiger partial charge in [0.25, 0.3) is 0 Å². The first-order valence-electron chi connectivity index (χ1n) is 10.9. The van der Waals surface area contributed by atoms with Gasteiger partial charge >= 0.3 is 0 Å². The third kappa shape index (κ3) is 5.22. The van der Waals surface area contributed by atoms with Gasteiger partial charge in [-0.05, 0) is 55.2 Å². The quantitative estimate of drug-likeness (QED) is 0.620. The van der Waals surface area contributed by atoms with E-state index in [4.69, 9.17) is 0 Å². The molecule has 0 radical (unpaired) electrons. The van der Waals surface area contributed by atoms with Crippen LogP contribution in [0.2, 0.25) is 0 Å². The summed E-state index contributed by atoms with van der Waals surface area (Å²) in [6.07, 6.45) is 5.16. The molecule has 1 aliphatic heterocycles. The van der Waals surface area contributed by atoms with E-state index in [0.717, 1.165) is 22.6 Å². The molecule has 1 aliphatic rings. The van der Waals surface area contributed by atoms with Crippen molar-refractivity contribution < 1.29 is 14.0 Å². The highest BCUT2D eigenvalue weighted by Gasteiger charge is 2.29. The zero-order chi connectivity index (χ0) is 22.5. The summed E-state index contributed by atoms with van der Waals surface area (Å²) < 4.78 is 15.4. The predicted octanol–water partition coefficient (Wildman–Crippen LogP) is 3.42. The maximum Gasteiger partial charge on any atom is 0.225 e. The van der Waals surface area contributed by atoms with Crippen LogP contribution in [0.5, 0.6) is 0 Å². The summed E-state index contributed by atoms with van der Waals surface area (Å²) in [5, 5.41) is 3.01. The molecule has 1 N–H and O–H groups in total. The zero-order valence-electron chi connectivity index (χ0n) is 18.1. The number of piperidine rings is 1. The number of nitrogens with one attached hydrogen (secondary N) is 1. The number of rotatable bonds is 7. The van der Waals surface area contributed by atoms with Crippen LogP contribution in [0.1, 0.15) is 29.8 Å². The van der Waals surface area contributed by atoms with E-state index >= 15 is 0 Å². The highest BCUT2D eigenvalue weighted by atomic mass is 19.1. The average molecular weight is 435 g/mol. The van der Waals surface area contributed by atoms with Gasteiger partial charge in [-0.2, -0.15) is 0 Å². The summed E-state index contributed by atoms with van der Waals surface area (Å²) in [6.45, 7) is 3.28. The average Bonchev–Trinajstić information content (AvgIpc) is 3.23. The first-order chi connectivity index (χ1) is 15.5. The minimum atomic E-state index is -0.280. The molecule has 0 aliphatic carbocycles. The number of aromatic nitrogens is 2. The Morgan fingerprint density at radius 1 is 1.19 bits per heavy atom. The second kappa shape index (κ2) is 9.77. The van der Waals surface area contributed by atoms with Crippen molar-refractivity contribution >= 4 is 11.8 Å². The molecule has 4 rings (SSSR count). The lowest BCUT2D eigenvalue weighted by molar-refractivity contribution is -0.138. The third-order valence-corrected chi connectivity index (χ3v) is 5.94. The number of carbonyl (C=O) groups excluding carboxylic acids is 2. The number of likely N-dealkylation sites (tertiary alicyclic amines) is 1. The van der Waals surface area contributed by atoms with Gasteiger partial charge in [-0.25, -0.2) is 9.37 Å². The summed E-state index contributed by atoms with van der Waals surface area (Å²) in [5.74, 6) is 0.421. The van der Waals surface area contributed by atoms with Crippen molar-refractivity contribution in [2.24, 2.45) is 5.92 Å². The first-order valence-corrected chi connectivity index (χ1v) is 10.9. The number of nitrogens with zero attached hydrogens (tertiary/aromatic N) is 3. The van der Waals surface area contributed by atoms with Crippen LogP contribution in [0.15, 0.2) is 60.9 Å². The minimum absolute atomic E-state index is 0.0391. The van der Waals surface area contributed by atoms with Crippen molar-refractivity contribution in [3.05, 3.63) is 83.7 Å². The normalized spacial score (nSPS) is 16.2. The maximum atomic E-state index is 13.4. The Hall–Kier alpha value is -3.48. The van der Waals surface area contributed by atoms with E-state index in [1.165, 1.54) is 12.1 Å². The number of aryl methyl sites for hydroxylation is 1. The molecule has 1 saturated heterocycles. The van der Waals surface area contributed by atoms with E-state index in [0.29, 0.717) is 38.9 Å². The number of hydrogen-bond donors (Lipinski definition) is 1. The number of amides is 2. The van der Waals surface area contributed by atoms with Crippen molar-refractivity contribution in [3.8, 4) is 5.69 Å². The molecule has 1 fully saturated rings. The van der Waals surface area contributed by atoms with Crippen LogP contribution in [-0.2, 0) is 22.6 Å². The van der Waals surface area contributed by atoms with Gasteiger partial charge in [0.05, 0.1) is 5.92 Å². The molecule has 1 aromatic heterocycles. The summed E-state index contributed by atoms with van der Waals surface area (Å²) in [6, 6.07) is 14.4. The molecule has 32 heavy (non-hydrogen) atoms. The van der Waals surface area contributed by atoms with Crippen molar-refractivity contribution in [3.63, 3.8) is 0 Å². The Bertz CT molecular complexity index is 1090. The fourth-order valence-corrected chi connectivity index (χ4v) is 4.06.